The predicted molar refractivity (Wildman–Crippen MR) is 68.0 cm³/mol. The highest BCUT2D eigenvalue weighted by Crippen LogP contribution is 2.38. The van der Waals surface area contributed by atoms with E-state index in [4.69, 9.17) is 10.00 Å². The quantitative estimate of drug-likeness (QED) is 0.833. The molecule has 0 radical (unpaired) electrons. The molecule has 5 heteroatoms. The Labute approximate surface area is 111 Å². The SMILES string of the molecule is C[C@H]1C[C@H]1C(=O)OCC(=O)Nc1cccc(C#N)c1. The molecule has 0 heterocycles. The van der Waals surface area contributed by atoms with E-state index in [0.717, 1.165) is 6.42 Å². The van der Waals surface area contributed by atoms with Crippen molar-refractivity contribution in [1.82, 2.24) is 0 Å². The first kappa shape index (κ1) is 13.1. The Hall–Kier alpha value is -2.35. The highest BCUT2D eigenvalue weighted by molar-refractivity contribution is 5.93. The number of ether oxygens (including phenoxy) is 1. The van der Waals surface area contributed by atoms with Crippen LogP contribution in [0.4, 0.5) is 5.69 Å². The summed E-state index contributed by atoms with van der Waals surface area (Å²) in [6.45, 7) is 1.68. The summed E-state index contributed by atoms with van der Waals surface area (Å²) in [7, 11) is 0. The van der Waals surface area contributed by atoms with Crippen LogP contribution in [0.25, 0.3) is 0 Å². The molecule has 0 spiro atoms. The van der Waals surface area contributed by atoms with E-state index in [2.05, 4.69) is 5.32 Å². The van der Waals surface area contributed by atoms with Gasteiger partial charge in [0.2, 0.25) is 0 Å². The fourth-order valence-electron chi connectivity index (χ4n) is 1.76. The van der Waals surface area contributed by atoms with Gasteiger partial charge in [0.25, 0.3) is 5.91 Å². The van der Waals surface area contributed by atoms with Crippen LogP contribution in [-0.2, 0) is 14.3 Å². The lowest BCUT2D eigenvalue weighted by atomic mass is 10.2. The third-order valence-electron chi connectivity index (χ3n) is 3.03. The van der Waals surface area contributed by atoms with Crippen LogP contribution in [0.1, 0.15) is 18.9 Å². The van der Waals surface area contributed by atoms with Crippen LogP contribution < -0.4 is 5.32 Å². The average molecular weight is 258 g/mol. The molecule has 1 aliphatic carbocycles. The van der Waals surface area contributed by atoms with Crippen LogP contribution in [0.2, 0.25) is 0 Å². The predicted octanol–water partition coefficient (Wildman–Crippen LogP) is 1.70. The van der Waals surface area contributed by atoms with Crippen LogP contribution in [0.5, 0.6) is 0 Å². The minimum atomic E-state index is -0.406. The molecule has 2 atom stereocenters. The smallest absolute Gasteiger partial charge is 0.309 e. The summed E-state index contributed by atoms with van der Waals surface area (Å²) >= 11 is 0. The van der Waals surface area contributed by atoms with Gasteiger partial charge >= 0.3 is 5.97 Å². The van der Waals surface area contributed by atoms with Gasteiger partial charge in [0, 0.05) is 5.69 Å². The van der Waals surface area contributed by atoms with E-state index >= 15 is 0 Å². The molecule has 2 rings (SSSR count). The third-order valence-corrected chi connectivity index (χ3v) is 3.03. The zero-order valence-electron chi connectivity index (χ0n) is 10.6. The molecule has 0 bridgehead atoms. The molecule has 0 unspecified atom stereocenters. The van der Waals surface area contributed by atoms with Crippen LogP contribution in [-0.4, -0.2) is 18.5 Å². The van der Waals surface area contributed by atoms with Crippen LogP contribution >= 0.6 is 0 Å². The lowest BCUT2D eigenvalue weighted by molar-refractivity contribution is -0.148. The molecule has 5 nitrogen and oxygen atoms in total. The highest BCUT2D eigenvalue weighted by atomic mass is 16.5. The Morgan fingerprint density at radius 1 is 1.53 bits per heavy atom. The minimum absolute atomic E-state index is 0.0466. The van der Waals surface area contributed by atoms with Crippen molar-refractivity contribution in [1.29, 1.82) is 5.26 Å². The first-order valence-electron chi connectivity index (χ1n) is 6.07. The van der Waals surface area contributed by atoms with E-state index in [1.54, 1.807) is 24.3 Å². The Balaban J connectivity index is 1.81. The minimum Gasteiger partial charge on any atom is -0.455 e. The molecule has 0 saturated heterocycles. The highest BCUT2D eigenvalue weighted by Gasteiger charge is 2.40. The normalized spacial score (nSPS) is 20.2. The molecule has 19 heavy (non-hydrogen) atoms. The Morgan fingerprint density at radius 2 is 2.26 bits per heavy atom. The van der Waals surface area contributed by atoms with E-state index in [1.165, 1.54) is 0 Å². The molecule has 1 aromatic rings. The number of nitriles is 1. The first-order chi connectivity index (χ1) is 9.10. The van der Waals surface area contributed by atoms with Gasteiger partial charge in [-0.05, 0) is 30.5 Å². The Bertz CT molecular complexity index is 548. The van der Waals surface area contributed by atoms with Crippen LogP contribution in [0.15, 0.2) is 24.3 Å². The molecule has 1 saturated carbocycles. The van der Waals surface area contributed by atoms with Crippen LogP contribution in [0, 0.1) is 23.2 Å². The second-order valence-corrected chi connectivity index (χ2v) is 4.67. The van der Waals surface area contributed by atoms with Gasteiger partial charge in [-0.2, -0.15) is 5.26 Å². The number of carbonyl (C=O) groups is 2. The molecule has 1 N–H and O–H groups in total. The number of anilines is 1. The largest absolute Gasteiger partial charge is 0.455 e. The Kier molecular flexibility index (Phi) is 3.81. The molecule has 0 aromatic heterocycles. The number of esters is 1. The van der Waals surface area contributed by atoms with Crippen molar-refractivity contribution in [3.63, 3.8) is 0 Å². The molecular weight excluding hydrogens is 244 g/mol. The zero-order valence-corrected chi connectivity index (χ0v) is 10.6. The fourth-order valence-corrected chi connectivity index (χ4v) is 1.76. The first-order valence-corrected chi connectivity index (χ1v) is 6.07. The van der Waals surface area contributed by atoms with Gasteiger partial charge in [0.1, 0.15) is 0 Å². The summed E-state index contributed by atoms with van der Waals surface area (Å²) in [6, 6.07) is 8.53. The number of benzene rings is 1. The maximum Gasteiger partial charge on any atom is 0.309 e. The maximum atomic E-state index is 11.6. The van der Waals surface area contributed by atoms with E-state index in [9.17, 15) is 9.59 Å². The second kappa shape index (κ2) is 5.53. The van der Waals surface area contributed by atoms with Crippen molar-refractivity contribution in [2.75, 3.05) is 11.9 Å². The lowest BCUT2D eigenvalue weighted by Crippen LogP contribution is -2.21. The summed E-state index contributed by atoms with van der Waals surface area (Å²) < 4.78 is 4.91. The van der Waals surface area contributed by atoms with Gasteiger partial charge in [-0.1, -0.05) is 13.0 Å². The summed E-state index contributed by atoms with van der Waals surface area (Å²) in [5, 5.41) is 11.3. The third kappa shape index (κ3) is 3.55. The number of hydrogen-bond donors (Lipinski definition) is 1. The Morgan fingerprint density at radius 3 is 2.89 bits per heavy atom. The number of carbonyl (C=O) groups excluding carboxylic acids is 2. The molecule has 1 amide bonds. The van der Waals surface area contributed by atoms with E-state index in [1.807, 2.05) is 13.0 Å². The van der Waals surface area contributed by atoms with Crippen molar-refractivity contribution >= 4 is 17.6 Å². The number of amides is 1. The number of rotatable bonds is 4. The van der Waals surface area contributed by atoms with Crippen molar-refractivity contribution in [2.45, 2.75) is 13.3 Å². The number of nitrogens with one attached hydrogen (secondary N) is 1. The summed E-state index contributed by atoms with van der Waals surface area (Å²) in [5.74, 6) is -0.400. The fraction of sp³-hybridized carbons (Fsp3) is 0.357. The average Bonchev–Trinajstić information content (AvgIpc) is 3.13. The monoisotopic (exact) mass is 258 g/mol. The topological polar surface area (TPSA) is 79.2 Å². The van der Waals surface area contributed by atoms with Gasteiger partial charge in [-0.25, -0.2) is 0 Å². The van der Waals surface area contributed by atoms with Crippen LogP contribution in [0.3, 0.4) is 0 Å². The molecular formula is C14H14N2O3. The van der Waals surface area contributed by atoms with Gasteiger partial charge < -0.3 is 10.1 Å². The van der Waals surface area contributed by atoms with Crippen molar-refractivity contribution in [2.24, 2.45) is 11.8 Å². The van der Waals surface area contributed by atoms with Crippen molar-refractivity contribution in [3.05, 3.63) is 29.8 Å². The summed E-state index contributed by atoms with van der Waals surface area (Å²) in [4.78, 5) is 23.0. The number of nitrogens with zero attached hydrogens (tertiary/aromatic N) is 1. The molecule has 1 aliphatic rings. The molecule has 1 aromatic carbocycles. The maximum absolute atomic E-state index is 11.6. The lowest BCUT2D eigenvalue weighted by Gasteiger charge is -2.06. The van der Waals surface area contributed by atoms with E-state index in [0.29, 0.717) is 17.2 Å². The van der Waals surface area contributed by atoms with Gasteiger partial charge in [-0.3, -0.25) is 9.59 Å². The second-order valence-electron chi connectivity index (χ2n) is 4.67. The van der Waals surface area contributed by atoms with E-state index in [-0.39, 0.29) is 18.5 Å². The molecule has 1 fully saturated rings. The summed E-state index contributed by atoms with van der Waals surface area (Å²) in [6.07, 6.45) is 0.838. The van der Waals surface area contributed by atoms with Crippen molar-refractivity contribution < 1.29 is 14.3 Å². The number of hydrogen-bond acceptors (Lipinski definition) is 4. The van der Waals surface area contributed by atoms with Gasteiger partial charge in [0.05, 0.1) is 17.6 Å². The molecule has 98 valence electrons. The van der Waals surface area contributed by atoms with E-state index < -0.39 is 5.91 Å². The van der Waals surface area contributed by atoms with Gasteiger partial charge in [-0.15, -0.1) is 0 Å². The standard InChI is InChI=1S/C14H14N2O3/c1-9-5-12(9)14(18)19-8-13(17)16-11-4-2-3-10(6-11)7-15/h2-4,6,9,12H,5,8H2,1H3,(H,16,17)/t9-,12+/m0/s1. The molecule has 0 aliphatic heterocycles. The zero-order chi connectivity index (χ0) is 13.8. The van der Waals surface area contributed by atoms with Crippen molar-refractivity contribution in [3.8, 4) is 6.07 Å². The van der Waals surface area contributed by atoms with Gasteiger partial charge in [0.15, 0.2) is 6.61 Å². The summed E-state index contributed by atoms with van der Waals surface area (Å²) in [5.41, 5.74) is 0.974.